The Morgan fingerprint density at radius 1 is 1.47 bits per heavy atom. The summed E-state index contributed by atoms with van der Waals surface area (Å²) in [6.45, 7) is 4.09. The Labute approximate surface area is 97.5 Å². The summed E-state index contributed by atoms with van der Waals surface area (Å²) >= 11 is 3.23. The van der Waals surface area contributed by atoms with Gasteiger partial charge in [-0.1, -0.05) is 40.7 Å². The number of ether oxygens (including phenoxy) is 1. The molecule has 0 aliphatic carbocycles. The molecule has 0 N–H and O–H groups in total. The van der Waals surface area contributed by atoms with Gasteiger partial charge in [-0.15, -0.1) is 0 Å². The summed E-state index contributed by atoms with van der Waals surface area (Å²) in [4.78, 5) is 13.0. The summed E-state index contributed by atoms with van der Waals surface area (Å²) in [5, 5.41) is 0. The topological polar surface area (TPSA) is 29.5 Å². The molecular formula is C11H12BrNO2. The highest BCUT2D eigenvalue weighted by molar-refractivity contribution is 9.11. The fourth-order valence-electron chi connectivity index (χ4n) is 1.15. The molecule has 0 radical (unpaired) electrons. The van der Waals surface area contributed by atoms with Crippen molar-refractivity contribution in [2.24, 2.45) is 0 Å². The molecule has 0 saturated carbocycles. The van der Waals surface area contributed by atoms with Crippen molar-refractivity contribution in [1.82, 2.24) is 0 Å². The van der Waals surface area contributed by atoms with Gasteiger partial charge in [-0.2, -0.15) is 0 Å². The molecule has 0 aliphatic heterocycles. The van der Waals surface area contributed by atoms with Crippen molar-refractivity contribution < 1.29 is 9.53 Å². The second-order valence-electron chi connectivity index (χ2n) is 2.91. The molecule has 0 heterocycles. The van der Waals surface area contributed by atoms with E-state index in [1.54, 1.807) is 0 Å². The van der Waals surface area contributed by atoms with Crippen molar-refractivity contribution in [2.75, 3.05) is 18.6 Å². The summed E-state index contributed by atoms with van der Waals surface area (Å²) in [6, 6.07) is 9.30. The van der Waals surface area contributed by atoms with E-state index in [0.717, 1.165) is 10.2 Å². The van der Waals surface area contributed by atoms with Crippen LogP contribution in [0.25, 0.3) is 0 Å². The number of halogens is 1. The Bertz CT molecular complexity index is 351. The fraction of sp³-hybridized carbons (Fsp3) is 0.182. The van der Waals surface area contributed by atoms with E-state index >= 15 is 0 Å². The van der Waals surface area contributed by atoms with E-state index in [9.17, 15) is 4.79 Å². The number of nitrogens with zero attached hydrogens (tertiary/aromatic N) is 1. The van der Waals surface area contributed by atoms with Crippen LogP contribution in [0.3, 0.4) is 0 Å². The fourth-order valence-corrected chi connectivity index (χ4v) is 1.40. The predicted octanol–water partition coefficient (Wildman–Crippen LogP) is 3.17. The molecule has 0 spiro atoms. The summed E-state index contributed by atoms with van der Waals surface area (Å²) in [5.41, 5.74) is 0.782. The normalized spacial score (nSPS) is 9.47. The Morgan fingerprint density at radius 3 is 2.53 bits per heavy atom. The van der Waals surface area contributed by atoms with E-state index < -0.39 is 6.09 Å². The van der Waals surface area contributed by atoms with Crippen molar-refractivity contribution in [3.63, 3.8) is 0 Å². The first-order valence-electron chi connectivity index (χ1n) is 4.39. The van der Waals surface area contributed by atoms with Crippen LogP contribution in [-0.4, -0.2) is 19.7 Å². The largest absolute Gasteiger partial charge is 0.452 e. The smallest absolute Gasteiger partial charge is 0.414 e. The van der Waals surface area contributed by atoms with Crippen molar-refractivity contribution in [2.45, 2.75) is 0 Å². The minimum Gasteiger partial charge on any atom is -0.452 e. The lowest BCUT2D eigenvalue weighted by molar-refractivity contribution is 0.179. The van der Waals surface area contributed by atoms with Crippen LogP contribution < -0.4 is 4.90 Å². The Morgan fingerprint density at radius 2 is 2.07 bits per heavy atom. The first-order chi connectivity index (χ1) is 7.15. The second-order valence-corrected chi connectivity index (χ2v) is 4.03. The Hall–Kier alpha value is -1.29. The highest BCUT2D eigenvalue weighted by Gasteiger charge is 2.15. The molecule has 0 bridgehead atoms. The maximum Gasteiger partial charge on any atom is 0.414 e. The molecule has 0 fully saturated rings. The van der Waals surface area contributed by atoms with Gasteiger partial charge in [0.2, 0.25) is 0 Å². The molecule has 3 nitrogen and oxygen atoms in total. The number of carbonyl (C=O) groups is 1. The molecule has 1 rings (SSSR count). The van der Waals surface area contributed by atoms with Gasteiger partial charge >= 0.3 is 6.09 Å². The van der Waals surface area contributed by atoms with E-state index in [-0.39, 0.29) is 0 Å². The summed E-state index contributed by atoms with van der Waals surface area (Å²) in [7, 11) is 1.36. The molecule has 80 valence electrons. The molecule has 1 amide bonds. The van der Waals surface area contributed by atoms with Crippen LogP contribution in [0.2, 0.25) is 0 Å². The molecule has 0 atom stereocenters. The van der Waals surface area contributed by atoms with Gasteiger partial charge in [-0.3, -0.25) is 4.90 Å². The maximum absolute atomic E-state index is 11.5. The standard InChI is InChI=1S/C11H12BrNO2/c1-9(12)8-13(11(14)15-2)10-6-4-3-5-7-10/h3-7H,1,8H2,2H3. The van der Waals surface area contributed by atoms with Gasteiger partial charge in [-0.25, -0.2) is 4.79 Å². The number of hydrogen-bond acceptors (Lipinski definition) is 2. The zero-order valence-corrected chi connectivity index (χ0v) is 10.0. The second kappa shape index (κ2) is 5.56. The van der Waals surface area contributed by atoms with Gasteiger partial charge < -0.3 is 4.74 Å². The molecule has 1 aromatic rings. The average molecular weight is 270 g/mol. The minimum absolute atomic E-state index is 0.386. The van der Waals surface area contributed by atoms with Crippen LogP contribution in [0.15, 0.2) is 41.4 Å². The Kier molecular flexibility index (Phi) is 4.37. The quantitative estimate of drug-likeness (QED) is 0.844. The molecule has 0 aliphatic rings. The van der Waals surface area contributed by atoms with Gasteiger partial charge in [0.15, 0.2) is 0 Å². The van der Waals surface area contributed by atoms with Gasteiger partial charge in [0.1, 0.15) is 0 Å². The van der Waals surface area contributed by atoms with E-state index in [0.29, 0.717) is 6.54 Å². The summed E-state index contributed by atoms with van der Waals surface area (Å²) in [6.07, 6.45) is -0.401. The first kappa shape index (κ1) is 11.8. The Balaban J connectivity index is 2.91. The van der Waals surface area contributed by atoms with Crippen molar-refractivity contribution >= 4 is 27.7 Å². The maximum atomic E-state index is 11.5. The van der Waals surface area contributed by atoms with Gasteiger partial charge in [0, 0.05) is 10.2 Å². The SMILES string of the molecule is C=C(Br)CN(C(=O)OC)c1ccccc1. The van der Waals surface area contributed by atoms with Gasteiger partial charge in [-0.05, 0) is 12.1 Å². The minimum atomic E-state index is -0.401. The van der Waals surface area contributed by atoms with E-state index in [4.69, 9.17) is 4.74 Å². The third-order valence-corrected chi connectivity index (χ3v) is 2.04. The lowest BCUT2D eigenvalue weighted by atomic mass is 10.3. The van der Waals surface area contributed by atoms with Crippen LogP contribution in [0.4, 0.5) is 10.5 Å². The molecule has 4 heteroatoms. The highest BCUT2D eigenvalue weighted by Crippen LogP contribution is 2.17. The van der Waals surface area contributed by atoms with Crippen molar-refractivity contribution in [3.8, 4) is 0 Å². The number of para-hydroxylation sites is 1. The third kappa shape index (κ3) is 3.40. The molecule has 0 aromatic heterocycles. The summed E-state index contributed by atoms with van der Waals surface area (Å²) in [5.74, 6) is 0. The lowest BCUT2D eigenvalue weighted by Crippen LogP contribution is -2.31. The highest BCUT2D eigenvalue weighted by atomic mass is 79.9. The first-order valence-corrected chi connectivity index (χ1v) is 5.18. The third-order valence-electron chi connectivity index (χ3n) is 1.79. The van der Waals surface area contributed by atoms with Crippen molar-refractivity contribution in [3.05, 3.63) is 41.4 Å². The van der Waals surface area contributed by atoms with Crippen LogP contribution in [0, 0.1) is 0 Å². The molecule has 0 unspecified atom stereocenters. The monoisotopic (exact) mass is 269 g/mol. The number of rotatable bonds is 3. The van der Waals surface area contributed by atoms with Gasteiger partial charge in [0.25, 0.3) is 0 Å². The summed E-state index contributed by atoms with van der Waals surface area (Å²) < 4.78 is 5.41. The van der Waals surface area contributed by atoms with Crippen LogP contribution in [0.1, 0.15) is 0 Å². The van der Waals surface area contributed by atoms with Gasteiger partial charge in [0.05, 0.1) is 13.7 Å². The molecule has 1 aromatic carbocycles. The zero-order valence-electron chi connectivity index (χ0n) is 8.44. The molecule has 0 saturated heterocycles. The number of hydrogen-bond donors (Lipinski definition) is 0. The number of amides is 1. The number of anilines is 1. The van der Waals surface area contributed by atoms with E-state index in [2.05, 4.69) is 22.5 Å². The average Bonchev–Trinajstić information content (AvgIpc) is 2.26. The lowest BCUT2D eigenvalue weighted by Gasteiger charge is -2.20. The number of methoxy groups -OCH3 is 1. The number of benzene rings is 1. The predicted molar refractivity (Wildman–Crippen MR) is 64.3 cm³/mol. The van der Waals surface area contributed by atoms with Crippen LogP contribution in [-0.2, 0) is 4.74 Å². The van der Waals surface area contributed by atoms with E-state index in [1.807, 2.05) is 30.3 Å². The van der Waals surface area contributed by atoms with Crippen LogP contribution in [0.5, 0.6) is 0 Å². The van der Waals surface area contributed by atoms with E-state index in [1.165, 1.54) is 12.0 Å². The van der Waals surface area contributed by atoms with Crippen molar-refractivity contribution in [1.29, 1.82) is 0 Å². The molecular weight excluding hydrogens is 258 g/mol. The zero-order chi connectivity index (χ0) is 11.3. The molecule has 15 heavy (non-hydrogen) atoms. The number of carbonyl (C=O) groups excluding carboxylic acids is 1. The van der Waals surface area contributed by atoms with Crippen LogP contribution >= 0.6 is 15.9 Å².